The normalized spacial score (nSPS) is 11.0. The SMILES string of the molecule is CCn1cc(NC(=O)c2cc(-c3ccco3)[nH]n2)c(C(=O)NCC(C)C)n1. The van der Waals surface area contributed by atoms with E-state index < -0.39 is 5.91 Å². The Morgan fingerprint density at radius 2 is 2.15 bits per heavy atom. The minimum absolute atomic E-state index is 0.174. The Kier molecular flexibility index (Phi) is 5.39. The molecule has 0 aromatic carbocycles. The summed E-state index contributed by atoms with van der Waals surface area (Å²) in [4.78, 5) is 24.9. The van der Waals surface area contributed by atoms with Crippen molar-refractivity contribution in [3.05, 3.63) is 42.0 Å². The molecule has 27 heavy (non-hydrogen) atoms. The van der Waals surface area contributed by atoms with Crippen molar-refractivity contribution in [1.82, 2.24) is 25.3 Å². The number of H-pyrrole nitrogens is 1. The van der Waals surface area contributed by atoms with Crippen molar-refractivity contribution in [2.45, 2.75) is 27.3 Å². The number of hydrogen-bond acceptors (Lipinski definition) is 5. The maximum absolute atomic E-state index is 12.5. The molecule has 0 aliphatic rings. The summed E-state index contributed by atoms with van der Waals surface area (Å²) in [5, 5.41) is 16.5. The van der Waals surface area contributed by atoms with Crippen molar-refractivity contribution in [3.8, 4) is 11.5 Å². The van der Waals surface area contributed by atoms with Gasteiger partial charge in [-0.05, 0) is 25.0 Å². The second-order valence-corrected chi connectivity index (χ2v) is 6.45. The van der Waals surface area contributed by atoms with Crippen LogP contribution in [-0.2, 0) is 6.54 Å². The van der Waals surface area contributed by atoms with Crippen molar-refractivity contribution < 1.29 is 14.0 Å². The van der Waals surface area contributed by atoms with E-state index in [4.69, 9.17) is 4.42 Å². The standard InChI is InChI=1S/C18H22N6O3/c1-4-24-10-14(16(23-24)18(26)19-9-11(2)3)20-17(25)13-8-12(21-22-13)15-6-5-7-27-15/h5-8,10-11H,4,9H2,1-3H3,(H,19,26)(H,20,25)(H,21,22). The monoisotopic (exact) mass is 370 g/mol. The second kappa shape index (κ2) is 7.90. The molecule has 3 heterocycles. The number of aryl methyl sites for hydroxylation is 1. The van der Waals surface area contributed by atoms with Gasteiger partial charge in [0.1, 0.15) is 5.69 Å². The third kappa shape index (κ3) is 4.25. The first kappa shape index (κ1) is 18.4. The van der Waals surface area contributed by atoms with Crippen LogP contribution in [0.2, 0.25) is 0 Å². The molecule has 3 aromatic rings. The Morgan fingerprint density at radius 1 is 1.33 bits per heavy atom. The van der Waals surface area contributed by atoms with E-state index in [0.29, 0.717) is 36.1 Å². The molecular weight excluding hydrogens is 348 g/mol. The zero-order valence-corrected chi connectivity index (χ0v) is 15.4. The molecule has 0 saturated carbocycles. The van der Waals surface area contributed by atoms with Gasteiger partial charge in [-0.25, -0.2) is 0 Å². The molecule has 0 saturated heterocycles. The summed E-state index contributed by atoms with van der Waals surface area (Å²) in [6, 6.07) is 5.09. The average molecular weight is 370 g/mol. The molecular formula is C18H22N6O3. The summed E-state index contributed by atoms with van der Waals surface area (Å²) in [5.41, 5.74) is 1.28. The van der Waals surface area contributed by atoms with E-state index in [1.54, 1.807) is 29.1 Å². The summed E-state index contributed by atoms with van der Waals surface area (Å²) in [6.07, 6.45) is 3.17. The van der Waals surface area contributed by atoms with Crippen LogP contribution in [-0.4, -0.2) is 38.3 Å². The smallest absolute Gasteiger partial charge is 0.276 e. The van der Waals surface area contributed by atoms with Crippen LogP contribution in [0.4, 0.5) is 5.69 Å². The Balaban J connectivity index is 1.77. The van der Waals surface area contributed by atoms with Crippen LogP contribution >= 0.6 is 0 Å². The number of nitrogens with zero attached hydrogens (tertiary/aromatic N) is 3. The maximum atomic E-state index is 12.5. The van der Waals surface area contributed by atoms with Gasteiger partial charge in [0.25, 0.3) is 11.8 Å². The second-order valence-electron chi connectivity index (χ2n) is 6.45. The number of nitrogens with one attached hydrogen (secondary N) is 3. The highest BCUT2D eigenvalue weighted by atomic mass is 16.3. The molecule has 9 heteroatoms. The number of aromatic amines is 1. The Hall–Kier alpha value is -3.36. The van der Waals surface area contributed by atoms with Crippen LogP contribution < -0.4 is 10.6 Å². The van der Waals surface area contributed by atoms with Crippen LogP contribution in [0, 0.1) is 5.92 Å². The predicted molar refractivity (Wildman–Crippen MR) is 99.3 cm³/mol. The fourth-order valence-corrected chi connectivity index (χ4v) is 2.41. The van der Waals surface area contributed by atoms with Crippen molar-refractivity contribution in [2.75, 3.05) is 11.9 Å². The minimum Gasteiger partial charge on any atom is -0.463 e. The molecule has 0 bridgehead atoms. The molecule has 2 amide bonds. The zero-order chi connectivity index (χ0) is 19.4. The molecule has 0 aliphatic carbocycles. The fraction of sp³-hybridized carbons (Fsp3) is 0.333. The number of rotatable bonds is 7. The van der Waals surface area contributed by atoms with Crippen LogP contribution in [0.15, 0.2) is 35.1 Å². The largest absolute Gasteiger partial charge is 0.463 e. The quantitative estimate of drug-likeness (QED) is 0.591. The molecule has 0 fully saturated rings. The highest BCUT2D eigenvalue weighted by molar-refractivity contribution is 6.07. The Morgan fingerprint density at radius 3 is 2.81 bits per heavy atom. The van der Waals surface area contributed by atoms with Gasteiger partial charge in [-0.1, -0.05) is 13.8 Å². The van der Waals surface area contributed by atoms with Gasteiger partial charge >= 0.3 is 0 Å². The molecule has 3 aromatic heterocycles. The van der Waals surface area contributed by atoms with E-state index in [1.165, 1.54) is 6.26 Å². The van der Waals surface area contributed by atoms with Crippen molar-refractivity contribution in [3.63, 3.8) is 0 Å². The van der Waals surface area contributed by atoms with E-state index in [-0.39, 0.29) is 17.3 Å². The van der Waals surface area contributed by atoms with Gasteiger partial charge in [0.15, 0.2) is 17.1 Å². The summed E-state index contributed by atoms with van der Waals surface area (Å²) in [5.74, 6) is 0.112. The number of amides is 2. The summed E-state index contributed by atoms with van der Waals surface area (Å²) in [6.45, 7) is 7.00. The van der Waals surface area contributed by atoms with Gasteiger partial charge in [0, 0.05) is 25.4 Å². The van der Waals surface area contributed by atoms with Crippen molar-refractivity contribution >= 4 is 17.5 Å². The molecule has 0 unspecified atom stereocenters. The lowest BCUT2D eigenvalue weighted by molar-refractivity contribution is 0.0944. The van der Waals surface area contributed by atoms with Gasteiger partial charge < -0.3 is 15.1 Å². The third-order valence-corrected chi connectivity index (χ3v) is 3.82. The van der Waals surface area contributed by atoms with E-state index >= 15 is 0 Å². The van der Waals surface area contributed by atoms with Crippen molar-refractivity contribution in [1.29, 1.82) is 0 Å². The molecule has 9 nitrogen and oxygen atoms in total. The van der Waals surface area contributed by atoms with Crippen LogP contribution in [0.25, 0.3) is 11.5 Å². The number of aromatic nitrogens is 4. The van der Waals surface area contributed by atoms with E-state index in [2.05, 4.69) is 25.9 Å². The third-order valence-electron chi connectivity index (χ3n) is 3.82. The topological polar surface area (TPSA) is 118 Å². The highest BCUT2D eigenvalue weighted by Gasteiger charge is 2.20. The number of carbonyl (C=O) groups excluding carboxylic acids is 2. The molecule has 0 radical (unpaired) electrons. The summed E-state index contributed by atoms with van der Waals surface area (Å²) in [7, 11) is 0. The lowest BCUT2D eigenvalue weighted by Crippen LogP contribution is -2.28. The average Bonchev–Trinajstić information content (AvgIpc) is 3.38. The minimum atomic E-state index is -0.447. The van der Waals surface area contributed by atoms with E-state index in [0.717, 1.165) is 0 Å². The molecule has 0 aliphatic heterocycles. The first-order valence-electron chi connectivity index (χ1n) is 8.74. The maximum Gasteiger partial charge on any atom is 0.276 e. The van der Waals surface area contributed by atoms with Gasteiger partial charge in [-0.15, -0.1) is 0 Å². The predicted octanol–water partition coefficient (Wildman–Crippen LogP) is 2.52. The fourth-order valence-electron chi connectivity index (χ4n) is 2.41. The molecule has 0 spiro atoms. The zero-order valence-electron chi connectivity index (χ0n) is 15.4. The first-order valence-corrected chi connectivity index (χ1v) is 8.74. The van der Waals surface area contributed by atoms with E-state index in [1.807, 2.05) is 20.8 Å². The van der Waals surface area contributed by atoms with Gasteiger partial charge in [-0.3, -0.25) is 19.4 Å². The van der Waals surface area contributed by atoms with Gasteiger partial charge in [0.2, 0.25) is 0 Å². The Bertz CT molecular complexity index is 923. The molecule has 142 valence electrons. The number of anilines is 1. The van der Waals surface area contributed by atoms with Crippen LogP contribution in [0.5, 0.6) is 0 Å². The highest BCUT2D eigenvalue weighted by Crippen LogP contribution is 2.19. The van der Waals surface area contributed by atoms with Crippen LogP contribution in [0.1, 0.15) is 41.7 Å². The van der Waals surface area contributed by atoms with E-state index in [9.17, 15) is 9.59 Å². The molecule has 3 N–H and O–H groups in total. The number of furan rings is 1. The summed E-state index contributed by atoms with van der Waals surface area (Å²) >= 11 is 0. The van der Waals surface area contributed by atoms with Gasteiger partial charge in [-0.2, -0.15) is 10.2 Å². The Labute approximate surface area is 156 Å². The molecule has 3 rings (SSSR count). The number of carbonyl (C=O) groups is 2. The van der Waals surface area contributed by atoms with Crippen LogP contribution in [0.3, 0.4) is 0 Å². The lowest BCUT2D eigenvalue weighted by Gasteiger charge is -2.07. The summed E-state index contributed by atoms with van der Waals surface area (Å²) < 4.78 is 6.87. The first-order chi connectivity index (χ1) is 13.0. The van der Waals surface area contributed by atoms with Crippen molar-refractivity contribution in [2.24, 2.45) is 5.92 Å². The number of hydrogen-bond donors (Lipinski definition) is 3. The lowest BCUT2D eigenvalue weighted by atomic mass is 10.2. The van der Waals surface area contributed by atoms with Gasteiger partial charge in [0.05, 0.1) is 12.0 Å². The molecule has 0 atom stereocenters.